The third-order valence-electron chi connectivity index (χ3n) is 2.17. The zero-order chi connectivity index (χ0) is 11.5. The van der Waals surface area contributed by atoms with Crippen LogP contribution in [-0.4, -0.2) is 36.5 Å². The van der Waals surface area contributed by atoms with Crippen LogP contribution in [0, 0.1) is 0 Å². The maximum atomic E-state index is 11.4. The molecule has 1 heterocycles. The number of carbonyl (C=O) groups excluding carboxylic acids is 2. The van der Waals surface area contributed by atoms with Crippen molar-refractivity contribution in [1.82, 2.24) is 0 Å². The monoisotopic (exact) mass is 218 g/mol. The second-order valence-electron chi connectivity index (χ2n) is 3.27. The van der Waals surface area contributed by atoms with Gasteiger partial charge in [-0.2, -0.15) is 0 Å². The molecule has 0 saturated carbocycles. The fraction of sp³-hybridized carbons (Fsp3) is 0.273. The molecule has 1 amide bonds. The van der Waals surface area contributed by atoms with E-state index in [-0.39, 0.29) is 17.9 Å². The molecule has 1 aliphatic carbocycles. The molecule has 82 valence electrons. The standard InChI is InChI=1S/C11H10N2O3/c1-2-16-11(15)7-3-4-8-9(5-7)12-6-10(14)13-8/h3-6,9H,2H2,1H3. The van der Waals surface area contributed by atoms with Crippen molar-refractivity contribution in [3.05, 3.63) is 23.8 Å². The summed E-state index contributed by atoms with van der Waals surface area (Å²) in [6, 6.07) is -0.345. The predicted molar refractivity (Wildman–Crippen MR) is 58.6 cm³/mol. The van der Waals surface area contributed by atoms with Gasteiger partial charge in [-0.25, -0.2) is 9.79 Å². The van der Waals surface area contributed by atoms with Gasteiger partial charge in [0.25, 0.3) is 5.91 Å². The molecule has 1 unspecified atom stereocenters. The van der Waals surface area contributed by atoms with Crippen molar-refractivity contribution in [3.8, 4) is 0 Å². The fourth-order valence-electron chi connectivity index (χ4n) is 1.46. The number of aliphatic imine (C=N–C) groups is 2. The first-order valence-corrected chi connectivity index (χ1v) is 4.93. The van der Waals surface area contributed by atoms with E-state index in [0.717, 1.165) is 6.21 Å². The summed E-state index contributed by atoms with van der Waals surface area (Å²) in [5.41, 5.74) is 0.998. The summed E-state index contributed by atoms with van der Waals surface area (Å²) in [5.74, 6) is -0.756. The summed E-state index contributed by atoms with van der Waals surface area (Å²) >= 11 is 0. The Morgan fingerprint density at radius 1 is 1.50 bits per heavy atom. The van der Waals surface area contributed by atoms with Crippen LogP contribution in [0.4, 0.5) is 0 Å². The third-order valence-corrected chi connectivity index (χ3v) is 2.17. The minimum absolute atomic E-state index is 0.331. The van der Waals surface area contributed by atoms with Gasteiger partial charge in [0.15, 0.2) is 0 Å². The van der Waals surface area contributed by atoms with Crippen molar-refractivity contribution >= 4 is 23.8 Å². The van der Waals surface area contributed by atoms with Crippen molar-refractivity contribution < 1.29 is 14.3 Å². The number of carbonyl (C=O) groups is 2. The molecule has 2 aliphatic rings. The van der Waals surface area contributed by atoms with Gasteiger partial charge >= 0.3 is 5.97 Å². The lowest BCUT2D eigenvalue weighted by atomic mass is 10.0. The molecular weight excluding hydrogens is 208 g/mol. The van der Waals surface area contributed by atoms with E-state index in [4.69, 9.17) is 4.74 Å². The van der Waals surface area contributed by atoms with Crippen molar-refractivity contribution in [3.63, 3.8) is 0 Å². The SMILES string of the molecule is CCOC(=O)C1=CC2N=CC(=O)N=C2C=C1. The maximum absolute atomic E-state index is 11.4. The van der Waals surface area contributed by atoms with Crippen molar-refractivity contribution in [2.75, 3.05) is 6.61 Å². The molecule has 0 N–H and O–H groups in total. The Kier molecular flexibility index (Phi) is 2.76. The Morgan fingerprint density at radius 2 is 2.31 bits per heavy atom. The van der Waals surface area contributed by atoms with Crippen molar-refractivity contribution in [1.29, 1.82) is 0 Å². The highest BCUT2D eigenvalue weighted by atomic mass is 16.5. The van der Waals surface area contributed by atoms with E-state index < -0.39 is 0 Å². The molecule has 1 aliphatic heterocycles. The second-order valence-corrected chi connectivity index (χ2v) is 3.27. The van der Waals surface area contributed by atoms with Crippen LogP contribution < -0.4 is 0 Å². The summed E-state index contributed by atoms with van der Waals surface area (Å²) in [6.45, 7) is 2.08. The molecule has 5 heteroatoms. The van der Waals surface area contributed by atoms with Gasteiger partial charge in [-0.1, -0.05) is 0 Å². The minimum Gasteiger partial charge on any atom is -0.462 e. The van der Waals surface area contributed by atoms with Crippen LogP contribution in [0.5, 0.6) is 0 Å². The maximum Gasteiger partial charge on any atom is 0.337 e. The molecule has 0 saturated heterocycles. The Hall–Kier alpha value is -2.04. The van der Waals surface area contributed by atoms with Crippen LogP contribution in [-0.2, 0) is 14.3 Å². The zero-order valence-corrected chi connectivity index (χ0v) is 8.71. The third kappa shape index (κ3) is 1.98. The number of esters is 1. The van der Waals surface area contributed by atoms with E-state index in [0.29, 0.717) is 17.9 Å². The van der Waals surface area contributed by atoms with Crippen LogP contribution in [0.25, 0.3) is 0 Å². The van der Waals surface area contributed by atoms with Crippen molar-refractivity contribution in [2.24, 2.45) is 9.98 Å². The van der Waals surface area contributed by atoms with E-state index in [1.54, 1.807) is 25.2 Å². The van der Waals surface area contributed by atoms with E-state index in [2.05, 4.69) is 9.98 Å². The van der Waals surface area contributed by atoms with Crippen LogP contribution in [0.2, 0.25) is 0 Å². The molecule has 0 aromatic rings. The summed E-state index contributed by atoms with van der Waals surface area (Å²) in [6.07, 6.45) is 6.00. The van der Waals surface area contributed by atoms with Gasteiger partial charge in [-0.15, -0.1) is 0 Å². The largest absolute Gasteiger partial charge is 0.462 e. The summed E-state index contributed by atoms with van der Waals surface area (Å²) in [5, 5.41) is 0. The Balaban J connectivity index is 2.20. The Labute approximate surface area is 92.2 Å². The first-order chi connectivity index (χ1) is 7.70. The smallest absolute Gasteiger partial charge is 0.337 e. The average molecular weight is 218 g/mol. The van der Waals surface area contributed by atoms with Gasteiger partial charge < -0.3 is 4.74 Å². The van der Waals surface area contributed by atoms with Gasteiger partial charge in [0.05, 0.1) is 24.1 Å². The summed E-state index contributed by atoms with van der Waals surface area (Å²) < 4.78 is 4.87. The molecule has 16 heavy (non-hydrogen) atoms. The van der Waals surface area contributed by atoms with Gasteiger partial charge in [-0.3, -0.25) is 9.79 Å². The molecule has 0 spiro atoms. The molecule has 0 bridgehead atoms. The van der Waals surface area contributed by atoms with Crippen LogP contribution in [0.15, 0.2) is 33.8 Å². The normalized spacial score (nSPS) is 22.3. The Bertz CT molecular complexity index is 458. The van der Waals surface area contributed by atoms with Crippen LogP contribution in [0.1, 0.15) is 6.92 Å². The average Bonchev–Trinajstić information content (AvgIpc) is 2.28. The fourth-order valence-corrected chi connectivity index (χ4v) is 1.46. The van der Waals surface area contributed by atoms with Crippen molar-refractivity contribution in [2.45, 2.75) is 13.0 Å². The highest BCUT2D eigenvalue weighted by molar-refractivity contribution is 6.32. The van der Waals surface area contributed by atoms with Crippen LogP contribution in [0.3, 0.4) is 0 Å². The summed E-state index contributed by atoms with van der Waals surface area (Å²) in [4.78, 5) is 30.2. The lowest BCUT2D eigenvalue weighted by Gasteiger charge is -2.16. The second kappa shape index (κ2) is 4.22. The van der Waals surface area contributed by atoms with E-state index in [9.17, 15) is 9.59 Å². The lowest BCUT2D eigenvalue weighted by Crippen LogP contribution is -2.25. The molecule has 1 atom stereocenters. The van der Waals surface area contributed by atoms with Gasteiger partial charge in [-0.05, 0) is 25.2 Å². The molecule has 0 aromatic heterocycles. The molecule has 0 fully saturated rings. The molecule has 5 nitrogen and oxygen atoms in total. The number of amides is 1. The van der Waals surface area contributed by atoms with Gasteiger partial charge in [0.1, 0.15) is 6.04 Å². The number of hydrogen-bond donors (Lipinski definition) is 0. The lowest BCUT2D eigenvalue weighted by molar-refractivity contribution is -0.138. The molecular formula is C11H10N2O3. The number of ether oxygens (including phenoxy) is 1. The highest BCUT2D eigenvalue weighted by Gasteiger charge is 2.22. The molecule has 0 radical (unpaired) electrons. The zero-order valence-electron chi connectivity index (χ0n) is 8.71. The Morgan fingerprint density at radius 3 is 3.06 bits per heavy atom. The number of hydrogen-bond acceptors (Lipinski definition) is 4. The quantitative estimate of drug-likeness (QED) is 0.632. The number of fused-ring (bicyclic) bond motifs is 1. The van der Waals surface area contributed by atoms with Crippen LogP contribution >= 0.6 is 0 Å². The van der Waals surface area contributed by atoms with E-state index in [1.807, 2.05) is 0 Å². The van der Waals surface area contributed by atoms with Gasteiger partial charge in [0, 0.05) is 0 Å². The molecule has 0 aromatic carbocycles. The first-order valence-electron chi connectivity index (χ1n) is 4.93. The van der Waals surface area contributed by atoms with E-state index in [1.165, 1.54) is 0 Å². The minimum atomic E-state index is -0.384. The van der Waals surface area contributed by atoms with Gasteiger partial charge in [0.2, 0.25) is 0 Å². The number of nitrogens with zero attached hydrogens (tertiary/aromatic N) is 2. The highest BCUT2D eigenvalue weighted by Crippen LogP contribution is 2.15. The number of rotatable bonds is 2. The summed E-state index contributed by atoms with van der Waals surface area (Å²) in [7, 11) is 0. The predicted octanol–water partition coefficient (Wildman–Crippen LogP) is 0.466. The topological polar surface area (TPSA) is 68.1 Å². The first kappa shape index (κ1) is 10.5. The van der Waals surface area contributed by atoms with E-state index >= 15 is 0 Å². The molecule has 2 rings (SSSR count).